The zero-order valence-electron chi connectivity index (χ0n) is 8.90. The van der Waals surface area contributed by atoms with E-state index in [1.54, 1.807) is 11.2 Å². The Morgan fingerprint density at radius 2 is 1.79 bits per heavy atom. The largest absolute Gasteiger partial charge is 0.217 e. The minimum Gasteiger partial charge on any atom is -0.212 e. The van der Waals surface area contributed by atoms with E-state index >= 15 is 0 Å². The van der Waals surface area contributed by atoms with Crippen LogP contribution in [0.15, 0.2) is 0 Å². The van der Waals surface area contributed by atoms with Crippen molar-refractivity contribution in [2.45, 2.75) is 26.0 Å². The maximum absolute atomic E-state index is 11.9. The van der Waals surface area contributed by atoms with Gasteiger partial charge < -0.3 is 0 Å². The fourth-order valence-electron chi connectivity index (χ4n) is 1.62. The van der Waals surface area contributed by atoms with E-state index in [0.29, 0.717) is 24.9 Å². The Morgan fingerprint density at radius 1 is 1.36 bits per heavy atom. The number of nitrogens with zero attached hydrogens (tertiary/aromatic N) is 1. The number of halogens is 1. The molecule has 3 nitrogen and oxygen atoms in total. The molecule has 0 aromatic carbocycles. The first-order chi connectivity index (χ1) is 6.39. The summed E-state index contributed by atoms with van der Waals surface area (Å²) >= 11 is 5.58. The van der Waals surface area contributed by atoms with E-state index in [9.17, 15) is 8.42 Å². The molecule has 1 rings (SSSR count). The lowest BCUT2D eigenvalue weighted by atomic mass is 10.0. The van der Waals surface area contributed by atoms with Crippen LogP contribution in [0, 0.1) is 11.8 Å². The molecule has 0 amide bonds. The normalized spacial score (nSPS) is 32.0. The first-order valence-electron chi connectivity index (χ1n) is 4.94. The maximum atomic E-state index is 11.9. The Hall–Kier alpha value is 0.200. The number of sulfonamides is 1. The van der Waals surface area contributed by atoms with Crippen LogP contribution in [0.2, 0.25) is 0 Å². The van der Waals surface area contributed by atoms with Crippen LogP contribution in [0.25, 0.3) is 0 Å². The van der Waals surface area contributed by atoms with Crippen molar-refractivity contribution in [1.29, 1.82) is 0 Å². The van der Waals surface area contributed by atoms with Crippen molar-refractivity contribution < 1.29 is 8.42 Å². The predicted molar refractivity (Wildman–Crippen MR) is 59.0 cm³/mol. The second-order valence-electron chi connectivity index (χ2n) is 4.28. The Bertz CT molecular complexity index is 281. The minimum absolute atomic E-state index is 0.168. The summed E-state index contributed by atoms with van der Waals surface area (Å²) in [5.74, 6) is 1.07. The summed E-state index contributed by atoms with van der Waals surface area (Å²) in [6.45, 7) is 7.13. The van der Waals surface area contributed by atoms with Gasteiger partial charge in [0, 0.05) is 19.0 Å². The molecule has 0 radical (unpaired) electrons. The van der Waals surface area contributed by atoms with Gasteiger partial charge in [-0.3, -0.25) is 0 Å². The number of alkyl halides is 1. The molecule has 5 heteroatoms. The van der Waals surface area contributed by atoms with Gasteiger partial charge in [-0.1, -0.05) is 13.8 Å². The molecule has 1 aliphatic rings. The van der Waals surface area contributed by atoms with E-state index < -0.39 is 15.3 Å². The van der Waals surface area contributed by atoms with Crippen LogP contribution in [-0.2, 0) is 10.0 Å². The highest BCUT2D eigenvalue weighted by Crippen LogP contribution is 2.26. The highest BCUT2D eigenvalue weighted by atomic mass is 35.5. The average Bonchev–Trinajstić information content (AvgIpc) is 2.46. The van der Waals surface area contributed by atoms with Gasteiger partial charge >= 0.3 is 0 Å². The van der Waals surface area contributed by atoms with E-state index in [4.69, 9.17) is 11.6 Å². The van der Waals surface area contributed by atoms with E-state index in [0.717, 1.165) is 0 Å². The lowest BCUT2D eigenvalue weighted by molar-refractivity contribution is 0.457. The third-order valence-corrected chi connectivity index (χ3v) is 5.89. The van der Waals surface area contributed by atoms with Crippen LogP contribution in [0.5, 0.6) is 0 Å². The SMILES string of the molecule is CC1CN(S(=O)(=O)C(C)CCl)CC1C. The van der Waals surface area contributed by atoms with Crippen LogP contribution in [0.3, 0.4) is 0 Å². The second kappa shape index (κ2) is 4.37. The summed E-state index contributed by atoms with van der Waals surface area (Å²) < 4.78 is 25.4. The Balaban J connectivity index is 2.76. The zero-order chi connectivity index (χ0) is 10.9. The topological polar surface area (TPSA) is 37.4 Å². The second-order valence-corrected chi connectivity index (χ2v) is 6.94. The Labute approximate surface area is 91.5 Å². The molecular weight excluding hydrogens is 222 g/mol. The van der Waals surface area contributed by atoms with E-state index in [2.05, 4.69) is 13.8 Å². The fraction of sp³-hybridized carbons (Fsp3) is 1.00. The molecule has 3 atom stereocenters. The summed E-state index contributed by atoms with van der Waals surface area (Å²) in [6.07, 6.45) is 0. The molecule has 1 aliphatic heterocycles. The number of hydrogen-bond acceptors (Lipinski definition) is 2. The average molecular weight is 240 g/mol. The van der Waals surface area contributed by atoms with Crippen molar-refractivity contribution in [1.82, 2.24) is 4.31 Å². The number of hydrogen-bond donors (Lipinski definition) is 0. The summed E-state index contributed by atoms with van der Waals surface area (Å²) in [5, 5.41) is -0.471. The van der Waals surface area contributed by atoms with Gasteiger partial charge in [-0.15, -0.1) is 11.6 Å². The minimum atomic E-state index is -3.15. The van der Waals surface area contributed by atoms with Crippen molar-refractivity contribution in [2.75, 3.05) is 19.0 Å². The van der Waals surface area contributed by atoms with Crippen LogP contribution < -0.4 is 0 Å². The monoisotopic (exact) mass is 239 g/mol. The Morgan fingerprint density at radius 3 is 2.14 bits per heavy atom. The quantitative estimate of drug-likeness (QED) is 0.701. The highest BCUT2D eigenvalue weighted by molar-refractivity contribution is 7.89. The summed E-state index contributed by atoms with van der Waals surface area (Å²) in [5.41, 5.74) is 0. The Kier molecular flexibility index (Phi) is 3.83. The highest BCUT2D eigenvalue weighted by Gasteiger charge is 2.36. The van der Waals surface area contributed by atoms with Gasteiger partial charge in [-0.05, 0) is 18.8 Å². The molecule has 3 unspecified atom stereocenters. The summed E-state index contributed by atoms with van der Waals surface area (Å²) in [7, 11) is -3.15. The third-order valence-electron chi connectivity index (χ3n) is 3.04. The van der Waals surface area contributed by atoms with E-state index in [-0.39, 0.29) is 5.88 Å². The lowest BCUT2D eigenvalue weighted by Gasteiger charge is -2.19. The van der Waals surface area contributed by atoms with Crippen LogP contribution in [-0.4, -0.2) is 36.9 Å². The van der Waals surface area contributed by atoms with Gasteiger partial charge in [-0.2, -0.15) is 0 Å². The molecule has 0 aromatic rings. The van der Waals surface area contributed by atoms with Crippen LogP contribution in [0.1, 0.15) is 20.8 Å². The molecule has 1 heterocycles. The van der Waals surface area contributed by atoms with E-state index in [1.807, 2.05) is 0 Å². The molecule has 0 aliphatic carbocycles. The zero-order valence-corrected chi connectivity index (χ0v) is 10.5. The molecule has 0 spiro atoms. The van der Waals surface area contributed by atoms with Crippen LogP contribution >= 0.6 is 11.6 Å². The first kappa shape index (κ1) is 12.3. The van der Waals surface area contributed by atoms with Crippen molar-refractivity contribution >= 4 is 21.6 Å². The fourth-order valence-corrected chi connectivity index (χ4v) is 3.65. The van der Waals surface area contributed by atoms with E-state index in [1.165, 1.54) is 0 Å². The number of rotatable bonds is 3. The van der Waals surface area contributed by atoms with Crippen molar-refractivity contribution in [2.24, 2.45) is 11.8 Å². The van der Waals surface area contributed by atoms with Crippen LogP contribution in [0.4, 0.5) is 0 Å². The van der Waals surface area contributed by atoms with Gasteiger partial charge in [0.05, 0.1) is 5.25 Å². The molecule has 0 N–H and O–H groups in total. The third kappa shape index (κ3) is 2.23. The van der Waals surface area contributed by atoms with Crippen molar-refractivity contribution in [3.05, 3.63) is 0 Å². The van der Waals surface area contributed by atoms with Crippen molar-refractivity contribution in [3.63, 3.8) is 0 Å². The smallest absolute Gasteiger partial charge is 0.212 e. The summed E-state index contributed by atoms with van der Waals surface area (Å²) in [6, 6.07) is 0. The maximum Gasteiger partial charge on any atom is 0.217 e. The molecule has 0 saturated carbocycles. The summed E-state index contributed by atoms with van der Waals surface area (Å²) in [4.78, 5) is 0. The predicted octanol–water partition coefficient (Wildman–Crippen LogP) is 1.53. The molecule has 1 saturated heterocycles. The molecule has 84 valence electrons. The molecule has 0 aromatic heterocycles. The first-order valence-corrected chi connectivity index (χ1v) is 6.98. The van der Waals surface area contributed by atoms with Gasteiger partial charge in [0.15, 0.2) is 0 Å². The lowest BCUT2D eigenvalue weighted by Crippen LogP contribution is -2.36. The standard InChI is InChI=1S/C9H18ClNO2S/c1-7-5-11(6-8(7)2)14(12,13)9(3)4-10/h7-9H,4-6H2,1-3H3. The van der Waals surface area contributed by atoms with Gasteiger partial charge in [0.1, 0.15) is 0 Å². The molecular formula is C9H18ClNO2S. The molecule has 0 bridgehead atoms. The van der Waals surface area contributed by atoms with Gasteiger partial charge in [-0.25, -0.2) is 12.7 Å². The van der Waals surface area contributed by atoms with Gasteiger partial charge in [0.25, 0.3) is 0 Å². The van der Waals surface area contributed by atoms with Gasteiger partial charge in [0.2, 0.25) is 10.0 Å². The molecule has 1 fully saturated rings. The van der Waals surface area contributed by atoms with Crippen molar-refractivity contribution in [3.8, 4) is 0 Å². The molecule has 14 heavy (non-hydrogen) atoms.